The molecule has 12 heteroatoms. The summed E-state index contributed by atoms with van der Waals surface area (Å²) in [5.74, 6) is 0.203. The van der Waals surface area contributed by atoms with Crippen molar-refractivity contribution in [3.8, 4) is 17.2 Å². The number of likely N-dealkylation sites (tertiary alicyclic amines) is 1. The van der Waals surface area contributed by atoms with Crippen LogP contribution in [-0.2, 0) is 0 Å². The van der Waals surface area contributed by atoms with Gasteiger partial charge in [0.25, 0.3) is 17.7 Å². The summed E-state index contributed by atoms with van der Waals surface area (Å²) in [5.41, 5.74) is 5.76. The fourth-order valence-electron chi connectivity index (χ4n) is 4.10. The van der Waals surface area contributed by atoms with Crippen LogP contribution in [0.2, 0.25) is 0 Å². The third-order valence-corrected chi connectivity index (χ3v) is 7.06. The first-order chi connectivity index (χ1) is 18.0. The van der Waals surface area contributed by atoms with Crippen molar-refractivity contribution in [1.82, 2.24) is 25.7 Å². The molecule has 37 heavy (non-hydrogen) atoms. The number of hydrazine groups is 1. The largest absolute Gasteiger partial charge is 0.493 e. The molecule has 1 aliphatic rings. The van der Waals surface area contributed by atoms with Crippen molar-refractivity contribution in [2.24, 2.45) is 0 Å². The second-order valence-corrected chi connectivity index (χ2v) is 9.05. The Morgan fingerprint density at radius 3 is 2.24 bits per heavy atom. The highest BCUT2D eigenvalue weighted by Gasteiger charge is 2.30. The highest BCUT2D eigenvalue weighted by atomic mass is 32.1. The van der Waals surface area contributed by atoms with Gasteiger partial charge >= 0.3 is 0 Å². The van der Waals surface area contributed by atoms with E-state index in [0.717, 1.165) is 5.01 Å². The number of carbonyl (C=O) groups is 3. The van der Waals surface area contributed by atoms with E-state index in [-0.39, 0.29) is 17.5 Å². The summed E-state index contributed by atoms with van der Waals surface area (Å²) < 4.78 is 16.2. The van der Waals surface area contributed by atoms with E-state index in [1.54, 1.807) is 34.5 Å². The minimum Gasteiger partial charge on any atom is -0.493 e. The quantitative estimate of drug-likeness (QED) is 0.450. The number of pyridine rings is 1. The molecule has 0 saturated carbocycles. The minimum absolute atomic E-state index is 0.120. The van der Waals surface area contributed by atoms with Gasteiger partial charge in [-0.3, -0.25) is 30.2 Å². The van der Waals surface area contributed by atoms with E-state index in [4.69, 9.17) is 14.2 Å². The lowest BCUT2D eigenvalue weighted by Crippen LogP contribution is -2.41. The molecular weight excluding hydrogens is 498 g/mol. The number of benzene rings is 1. The maximum Gasteiger partial charge on any atom is 0.289 e. The molecule has 1 saturated heterocycles. The Morgan fingerprint density at radius 2 is 1.59 bits per heavy atom. The lowest BCUT2D eigenvalue weighted by molar-refractivity contribution is 0.0708. The third kappa shape index (κ3) is 5.64. The van der Waals surface area contributed by atoms with Crippen LogP contribution in [0.3, 0.4) is 0 Å². The summed E-state index contributed by atoms with van der Waals surface area (Å²) in [6.07, 6.45) is 4.39. The van der Waals surface area contributed by atoms with Gasteiger partial charge < -0.3 is 19.1 Å². The summed E-state index contributed by atoms with van der Waals surface area (Å²) in [6, 6.07) is 6.44. The third-order valence-electron chi connectivity index (χ3n) is 6.05. The minimum atomic E-state index is -0.502. The van der Waals surface area contributed by atoms with Crippen LogP contribution in [0.25, 0.3) is 0 Å². The molecule has 0 unspecified atom stereocenters. The highest BCUT2D eigenvalue weighted by Crippen LogP contribution is 2.40. The van der Waals surface area contributed by atoms with Crippen LogP contribution in [0.1, 0.15) is 55.0 Å². The number of hydrogen-bond acceptors (Lipinski definition) is 9. The van der Waals surface area contributed by atoms with Gasteiger partial charge in [-0.2, -0.15) is 0 Å². The highest BCUT2D eigenvalue weighted by molar-refractivity contribution is 7.09. The van der Waals surface area contributed by atoms with Gasteiger partial charge in [0.15, 0.2) is 11.5 Å². The van der Waals surface area contributed by atoms with E-state index in [0.29, 0.717) is 54.3 Å². The summed E-state index contributed by atoms with van der Waals surface area (Å²) >= 11 is 1.39. The smallest absolute Gasteiger partial charge is 0.289 e. The topological polar surface area (TPSA) is 132 Å². The van der Waals surface area contributed by atoms with Crippen LogP contribution in [0, 0.1) is 0 Å². The van der Waals surface area contributed by atoms with Crippen LogP contribution in [0.5, 0.6) is 17.2 Å². The SMILES string of the molecule is COc1ccc(C(=O)N2CCC(c3nc(C(=O)NNC(=O)c4ccncc4)cs3)CC2)c(OC)c1OC. The molecule has 0 bridgehead atoms. The van der Waals surface area contributed by atoms with Gasteiger partial charge in [0.05, 0.1) is 31.9 Å². The molecule has 0 aliphatic carbocycles. The number of methoxy groups -OCH3 is 3. The van der Waals surface area contributed by atoms with Gasteiger partial charge in [-0.1, -0.05) is 0 Å². The second kappa shape index (κ2) is 11.7. The number of hydrogen-bond donors (Lipinski definition) is 2. The monoisotopic (exact) mass is 525 g/mol. The lowest BCUT2D eigenvalue weighted by Gasteiger charge is -2.31. The number of thiazole rings is 1. The molecule has 0 spiro atoms. The zero-order chi connectivity index (χ0) is 26.4. The van der Waals surface area contributed by atoms with E-state index >= 15 is 0 Å². The van der Waals surface area contributed by atoms with Crippen LogP contribution in [0.4, 0.5) is 0 Å². The average molecular weight is 526 g/mol. The van der Waals surface area contributed by atoms with Gasteiger partial charge in [0.1, 0.15) is 5.69 Å². The number of piperidine rings is 1. The molecule has 1 aromatic carbocycles. The Bertz CT molecular complexity index is 1270. The lowest BCUT2D eigenvalue weighted by atomic mass is 9.97. The molecule has 11 nitrogen and oxygen atoms in total. The van der Waals surface area contributed by atoms with Crippen LogP contribution >= 0.6 is 11.3 Å². The summed E-state index contributed by atoms with van der Waals surface area (Å²) in [6.45, 7) is 1.06. The van der Waals surface area contributed by atoms with Gasteiger partial charge in [0, 0.05) is 42.3 Å². The normalized spacial score (nSPS) is 13.5. The van der Waals surface area contributed by atoms with Gasteiger partial charge in [0.2, 0.25) is 5.75 Å². The van der Waals surface area contributed by atoms with Crippen molar-refractivity contribution in [2.45, 2.75) is 18.8 Å². The molecular formula is C25H27N5O6S. The zero-order valence-electron chi connectivity index (χ0n) is 20.6. The van der Waals surface area contributed by atoms with Crippen molar-refractivity contribution >= 4 is 29.1 Å². The van der Waals surface area contributed by atoms with E-state index < -0.39 is 11.8 Å². The molecule has 2 aromatic heterocycles. The standard InChI is InChI=1S/C25H27N5O6S/c1-34-19-5-4-17(20(35-2)21(19)36-3)25(33)30-12-8-16(9-13-30)24-27-18(14-37-24)23(32)29-28-22(31)15-6-10-26-11-7-15/h4-7,10-11,14,16H,8-9,12-13H2,1-3H3,(H,28,31)(H,29,32). The molecule has 1 aliphatic heterocycles. The number of aromatic nitrogens is 2. The number of amides is 3. The number of rotatable bonds is 7. The zero-order valence-corrected chi connectivity index (χ0v) is 21.5. The first kappa shape index (κ1) is 25.9. The molecule has 3 aromatic rings. The van der Waals surface area contributed by atoms with Crippen LogP contribution in [-0.4, -0.2) is 67.0 Å². The maximum absolute atomic E-state index is 13.3. The predicted molar refractivity (Wildman–Crippen MR) is 135 cm³/mol. The van der Waals surface area contributed by atoms with Crippen molar-refractivity contribution < 1.29 is 28.6 Å². The number of ether oxygens (including phenoxy) is 3. The number of carbonyl (C=O) groups excluding carboxylic acids is 3. The fourth-order valence-corrected chi connectivity index (χ4v) is 5.07. The first-order valence-electron chi connectivity index (χ1n) is 11.5. The maximum atomic E-state index is 13.3. The summed E-state index contributed by atoms with van der Waals surface area (Å²) in [4.78, 5) is 47.9. The average Bonchev–Trinajstić information content (AvgIpc) is 3.45. The molecule has 0 atom stereocenters. The molecule has 4 rings (SSSR count). The summed E-state index contributed by atoms with van der Waals surface area (Å²) in [7, 11) is 4.51. The van der Waals surface area contributed by atoms with Crippen molar-refractivity contribution in [3.05, 3.63) is 63.9 Å². The van der Waals surface area contributed by atoms with Gasteiger partial charge in [-0.25, -0.2) is 4.98 Å². The molecule has 0 radical (unpaired) electrons. The number of nitrogens with zero attached hydrogens (tertiary/aromatic N) is 3. The summed E-state index contributed by atoms with van der Waals surface area (Å²) in [5, 5.41) is 2.48. The van der Waals surface area contributed by atoms with E-state index in [9.17, 15) is 14.4 Å². The molecule has 194 valence electrons. The molecule has 3 amide bonds. The second-order valence-electron chi connectivity index (χ2n) is 8.16. The fraction of sp³-hybridized carbons (Fsp3) is 0.320. The van der Waals surface area contributed by atoms with Crippen molar-refractivity contribution in [1.29, 1.82) is 0 Å². The van der Waals surface area contributed by atoms with Crippen LogP contribution < -0.4 is 25.1 Å². The predicted octanol–water partition coefficient (Wildman–Crippen LogP) is 2.66. The van der Waals surface area contributed by atoms with Crippen molar-refractivity contribution in [2.75, 3.05) is 34.4 Å². The first-order valence-corrected chi connectivity index (χ1v) is 12.4. The Hall–Kier alpha value is -4.19. The van der Waals surface area contributed by atoms with E-state index in [2.05, 4.69) is 20.8 Å². The molecule has 3 heterocycles. The molecule has 2 N–H and O–H groups in total. The van der Waals surface area contributed by atoms with Gasteiger partial charge in [-0.05, 0) is 37.1 Å². The Labute approximate surface area is 217 Å². The van der Waals surface area contributed by atoms with E-state index in [1.165, 1.54) is 45.1 Å². The van der Waals surface area contributed by atoms with Gasteiger partial charge in [-0.15, -0.1) is 11.3 Å². The Balaban J connectivity index is 1.35. The Morgan fingerprint density at radius 1 is 0.919 bits per heavy atom. The molecule has 1 fully saturated rings. The van der Waals surface area contributed by atoms with Crippen LogP contribution in [0.15, 0.2) is 42.0 Å². The van der Waals surface area contributed by atoms with Crippen molar-refractivity contribution in [3.63, 3.8) is 0 Å². The Kier molecular flexibility index (Phi) is 8.18. The van der Waals surface area contributed by atoms with E-state index in [1.807, 2.05) is 0 Å². The number of nitrogens with one attached hydrogen (secondary N) is 2.